The minimum atomic E-state index is 0.450. The molecule has 0 aliphatic heterocycles. The quantitative estimate of drug-likeness (QED) is 0.588. The average Bonchev–Trinajstić information content (AvgIpc) is 2.30. The zero-order chi connectivity index (χ0) is 11.8. The third-order valence-corrected chi connectivity index (χ3v) is 4.29. The molecular weight excluding hydrogens is 234 g/mol. The lowest BCUT2D eigenvalue weighted by atomic mass is 10.1. The van der Waals surface area contributed by atoms with Crippen molar-refractivity contribution in [2.75, 3.05) is 24.3 Å². The van der Waals surface area contributed by atoms with Crippen LogP contribution in [0.25, 0.3) is 0 Å². The summed E-state index contributed by atoms with van der Waals surface area (Å²) in [6, 6.07) is 9.31. The van der Waals surface area contributed by atoms with Crippen molar-refractivity contribution in [3.8, 4) is 0 Å². The fourth-order valence-electron chi connectivity index (χ4n) is 1.54. The van der Waals surface area contributed by atoms with Gasteiger partial charge in [-0.2, -0.15) is 11.8 Å². The van der Waals surface area contributed by atoms with Crippen LogP contribution in [0.4, 0.5) is 0 Å². The zero-order valence-corrected chi connectivity index (χ0v) is 12.0. The lowest BCUT2D eigenvalue weighted by Crippen LogP contribution is -2.17. The molecule has 0 aliphatic rings. The summed E-state index contributed by atoms with van der Waals surface area (Å²) < 4.78 is 0. The zero-order valence-electron chi connectivity index (χ0n) is 10.3. The Morgan fingerprint density at radius 3 is 2.81 bits per heavy atom. The highest BCUT2D eigenvalue weighted by Crippen LogP contribution is 2.22. The van der Waals surface area contributed by atoms with Crippen molar-refractivity contribution in [3.63, 3.8) is 0 Å². The van der Waals surface area contributed by atoms with Crippen LogP contribution in [0.2, 0.25) is 0 Å². The standard InChI is InChI=1S/C13H21NS2/c1-4-14-11(2)12-6-5-7-13(10-12)16-9-8-15-3/h5-7,10-11,14H,4,8-9H2,1-3H3. The van der Waals surface area contributed by atoms with Crippen LogP contribution in [0.15, 0.2) is 29.2 Å². The van der Waals surface area contributed by atoms with E-state index in [0.717, 1.165) is 6.54 Å². The Balaban J connectivity index is 2.56. The predicted molar refractivity (Wildman–Crippen MR) is 77.6 cm³/mol. The molecule has 16 heavy (non-hydrogen) atoms. The first kappa shape index (κ1) is 13.9. The molecule has 0 spiro atoms. The number of thioether (sulfide) groups is 2. The largest absolute Gasteiger partial charge is 0.310 e. The van der Waals surface area contributed by atoms with Gasteiger partial charge in [-0.3, -0.25) is 0 Å². The summed E-state index contributed by atoms with van der Waals surface area (Å²) in [5, 5.41) is 3.44. The Hall–Kier alpha value is -0.120. The monoisotopic (exact) mass is 255 g/mol. The van der Waals surface area contributed by atoms with Gasteiger partial charge in [-0.1, -0.05) is 19.1 Å². The predicted octanol–water partition coefficient (Wildman–Crippen LogP) is 3.81. The van der Waals surface area contributed by atoms with E-state index in [9.17, 15) is 0 Å². The van der Waals surface area contributed by atoms with Crippen molar-refractivity contribution in [2.45, 2.75) is 24.8 Å². The van der Waals surface area contributed by atoms with Crippen molar-refractivity contribution < 1.29 is 0 Å². The summed E-state index contributed by atoms with van der Waals surface area (Å²) in [4.78, 5) is 1.39. The Morgan fingerprint density at radius 2 is 2.12 bits per heavy atom. The fourth-order valence-corrected chi connectivity index (χ4v) is 3.17. The van der Waals surface area contributed by atoms with E-state index in [0.29, 0.717) is 6.04 Å². The highest BCUT2D eigenvalue weighted by molar-refractivity contribution is 8.02. The molecule has 0 bridgehead atoms. The van der Waals surface area contributed by atoms with Crippen molar-refractivity contribution in [3.05, 3.63) is 29.8 Å². The molecule has 0 radical (unpaired) electrons. The van der Waals surface area contributed by atoms with E-state index in [4.69, 9.17) is 0 Å². The molecule has 0 aliphatic carbocycles. The van der Waals surface area contributed by atoms with Gasteiger partial charge in [0.2, 0.25) is 0 Å². The molecular formula is C13H21NS2. The third-order valence-electron chi connectivity index (χ3n) is 2.42. The average molecular weight is 255 g/mol. The second-order valence-corrected chi connectivity index (χ2v) is 5.85. The highest BCUT2D eigenvalue weighted by atomic mass is 32.2. The Kier molecular flexibility index (Phi) is 7.01. The van der Waals surface area contributed by atoms with Gasteiger partial charge in [-0.25, -0.2) is 0 Å². The number of hydrogen-bond donors (Lipinski definition) is 1. The van der Waals surface area contributed by atoms with E-state index in [-0.39, 0.29) is 0 Å². The summed E-state index contributed by atoms with van der Waals surface area (Å²) >= 11 is 3.85. The minimum Gasteiger partial charge on any atom is -0.310 e. The van der Waals surface area contributed by atoms with Crippen LogP contribution in [0.3, 0.4) is 0 Å². The maximum absolute atomic E-state index is 3.44. The number of rotatable bonds is 7. The molecule has 1 atom stereocenters. The molecule has 0 amide bonds. The molecule has 90 valence electrons. The lowest BCUT2D eigenvalue weighted by molar-refractivity contribution is 0.597. The van der Waals surface area contributed by atoms with E-state index in [1.807, 2.05) is 23.5 Å². The highest BCUT2D eigenvalue weighted by Gasteiger charge is 2.04. The van der Waals surface area contributed by atoms with Gasteiger partial charge < -0.3 is 5.32 Å². The van der Waals surface area contributed by atoms with Crippen molar-refractivity contribution >= 4 is 23.5 Å². The Morgan fingerprint density at radius 1 is 1.31 bits per heavy atom. The van der Waals surface area contributed by atoms with Crippen molar-refractivity contribution in [2.24, 2.45) is 0 Å². The molecule has 1 aromatic rings. The van der Waals surface area contributed by atoms with Crippen LogP contribution in [0.5, 0.6) is 0 Å². The number of hydrogen-bond acceptors (Lipinski definition) is 3. The molecule has 0 heterocycles. The summed E-state index contributed by atoms with van der Waals surface area (Å²) in [6.45, 7) is 5.38. The summed E-state index contributed by atoms with van der Waals surface area (Å²) in [5.41, 5.74) is 1.39. The van der Waals surface area contributed by atoms with Gasteiger partial charge in [0.1, 0.15) is 0 Å². The van der Waals surface area contributed by atoms with Crippen molar-refractivity contribution in [1.29, 1.82) is 0 Å². The molecule has 1 unspecified atom stereocenters. The van der Waals surface area contributed by atoms with Crippen LogP contribution >= 0.6 is 23.5 Å². The molecule has 0 saturated carbocycles. The molecule has 1 N–H and O–H groups in total. The van der Waals surface area contributed by atoms with Crippen LogP contribution < -0.4 is 5.32 Å². The number of nitrogens with one attached hydrogen (secondary N) is 1. The van der Waals surface area contributed by atoms with Crippen LogP contribution in [-0.2, 0) is 0 Å². The van der Waals surface area contributed by atoms with Crippen LogP contribution in [-0.4, -0.2) is 24.3 Å². The molecule has 0 aromatic heterocycles. The first-order valence-electron chi connectivity index (χ1n) is 5.73. The summed E-state index contributed by atoms with van der Waals surface area (Å²) in [7, 11) is 0. The molecule has 1 rings (SSSR count). The Labute approximate surface area is 108 Å². The van der Waals surface area contributed by atoms with E-state index in [1.165, 1.54) is 22.0 Å². The normalized spacial score (nSPS) is 12.7. The topological polar surface area (TPSA) is 12.0 Å². The molecule has 0 fully saturated rings. The van der Waals surface area contributed by atoms with Crippen LogP contribution in [0, 0.1) is 0 Å². The maximum Gasteiger partial charge on any atom is 0.0292 e. The van der Waals surface area contributed by atoms with Crippen molar-refractivity contribution in [1.82, 2.24) is 5.32 Å². The minimum absolute atomic E-state index is 0.450. The second kappa shape index (κ2) is 8.04. The fraction of sp³-hybridized carbons (Fsp3) is 0.538. The third kappa shape index (κ3) is 4.81. The summed E-state index contributed by atoms with van der Waals surface area (Å²) in [5.74, 6) is 2.41. The van der Waals surface area contributed by atoms with E-state index >= 15 is 0 Å². The molecule has 0 saturated heterocycles. The molecule has 3 heteroatoms. The van der Waals surface area contributed by atoms with Crippen LogP contribution in [0.1, 0.15) is 25.5 Å². The van der Waals surface area contributed by atoms with E-state index in [2.05, 4.69) is 49.7 Å². The summed E-state index contributed by atoms with van der Waals surface area (Å²) in [6.07, 6.45) is 2.16. The van der Waals surface area contributed by atoms with Gasteiger partial charge in [0.25, 0.3) is 0 Å². The van der Waals surface area contributed by atoms with Gasteiger partial charge in [0.15, 0.2) is 0 Å². The lowest BCUT2D eigenvalue weighted by Gasteiger charge is -2.13. The first-order valence-corrected chi connectivity index (χ1v) is 8.11. The first-order chi connectivity index (χ1) is 7.77. The molecule has 1 nitrogen and oxygen atoms in total. The maximum atomic E-state index is 3.44. The second-order valence-electron chi connectivity index (χ2n) is 3.69. The van der Waals surface area contributed by atoms with E-state index in [1.54, 1.807) is 0 Å². The van der Waals surface area contributed by atoms with Gasteiger partial charge in [-0.15, -0.1) is 11.8 Å². The smallest absolute Gasteiger partial charge is 0.0292 e. The van der Waals surface area contributed by atoms with E-state index < -0.39 is 0 Å². The van der Waals surface area contributed by atoms with Gasteiger partial charge >= 0.3 is 0 Å². The molecule has 1 aromatic carbocycles. The van der Waals surface area contributed by atoms with Gasteiger partial charge in [0, 0.05) is 22.4 Å². The number of benzene rings is 1. The SMILES string of the molecule is CCNC(C)c1cccc(SCCSC)c1. The van der Waals surface area contributed by atoms with Gasteiger partial charge in [-0.05, 0) is 37.4 Å². The Bertz CT molecular complexity index is 302. The van der Waals surface area contributed by atoms with Gasteiger partial charge in [0.05, 0.1) is 0 Å².